The van der Waals surface area contributed by atoms with E-state index in [0.29, 0.717) is 25.3 Å². The molecular formula is C17H29BN2O4. The molecule has 1 aromatic rings. The molecule has 0 radical (unpaired) electrons. The number of carboxylic acids is 1. The van der Waals surface area contributed by atoms with E-state index in [-0.39, 0.29) is 0 Å². The van der Waals surface area contributed by atoms with Crippen molar-refractivity contribution in [2.24, 2.45) is 5.73 Å². The molecule has 0 amide bonds. The number of nitrogens with one attached hydrogen (secondary N) is 1. The van der Waals surface area contributed by atoms with Crippen molar-refractivity contribution in [2.45, 2.75) is 57.4 Å². The van der Waals surface area contributed by atoms with Crippen LogP contribution < -0.4 is 11.1 Å². The molecule has 1 aromatic carbocycles. The van der Waals surface area contributed by atoms with Crippen LogP contribution in [-0.2, 0) is 17.6 Å². The number of unbranched alkanes of at least 4 members (excludes halogenated alkanes) is 1. The van der Waals surface area contributed by atoms with Crippen LogP contribution in [0, 0.1) is 0 Å². The summed E-state index contributed by atoms with van der Waals surface area (Å²) in [5.41, 5.74) is 8.24. The molecule has 0 heterocycles. The van der Waals surface area contributed by atoms with Gasteiger partial charge >= 0.3 is 13.1 Å². The van der Waals surface area contributed by atoms with Crippen molar-refractivity contribution in [2.75, 3.05) is 6.54 Å². The number of carbonyl (C=O) groups is 1. The molecule has 0 aliphatic heterocycles. The number of carboxylic acid groups (broad SMARTS) is 1. The first-order valence-corrected chi connectivity index (χ1v) is 8.58. The summed E-state index contributed by atoms with van der Waals surface area (Å²) in [5, 5.41) is 28.5. The number of nitrogens with two attached hydrogens (primary N) is 1. The second-order valence-electron chi connectivity index (χ2n) is 6.18. The molecule has 24 heavy (non-hydrogen) atoms. The molecule has 1 aliphatic rings. The molecule has 134 valence electrons. The molecule has 1 unspecified atom stereocenters. The van der Waals surface area contributed by atoms with Gasteiger partial charge in [-0.25, -0.2) is 0 Å². The molecule has 7 heteroatoms. The van der Waals surface area contributed by atoms with Gasteiger partial charge in [0, 0.05) is 6.04 Å². The molecule has 1 atom stereocenters. The standard InChI is InChI=1S/C13H18N2O2.C4H11BO2/c14-12(13(16)17)5-6-15-11-7-9-3-1-2-4-10(9)8-11;1-2-3-4-5(6)7/h1-4,11-12,15H,5-8,14H2,(H,16,17);6-7H,2-4H2,1H3. The Balaban J connectivity index is 0.000000351. The lowest BCUT2D eigenvalue weighted by molar-refractivity contribution is -0.138. The summed E-state index contributed by atoms with van der Waals surface area (Å²) in [6, 6.07) is 8.09. The van der Waals surface area contributed by atoms with Crippen molar-refractivity contribution < 1.29 is 19.9 Å². The Kier molecular flexibility index (Phi) is 9.63. The first kappa shape index (κ1) is 20.6. The molecule has 0 aromatic heterocycles. The van der Waals surface area contributed by atoms with Crippen LogP contribution in [0.5, 0.6) is 0 Å². The van der Waals surface area contributed by atoms with Crippen LogP contribution in [0.1, 0.15) is 37.3 Å². The van der Waals surface area contributed by atoms with Crippen LogP contribution in [0.25, 0.3) is 0 Å². The average Bonchev–Trinajstić information content (AvgIpc) is 2.96. The highest BCUT2D eigenvalue weighted by atomic mass is 16.4. The number of aliphatic carboxylic acids is 1. The first-order valence-electron chi connectivity index (χ1n) is 8.58. The fourth-order valence-corrected chi connectivity index (χ4v) is 2.66. The minimum absolute atomic E-state index is 0.424. The van der Waals surface area contributed by atoms with E-state index in [4.69, 9.17) is 20.9 Å². The molecule has 0 saturated heterocycles. The Morgan fingerprint density at radius 2 is 1.92 bits per heavy atom. The van der Waals surface area contributed by atoms with Crippen molar-refractivity contribution in [3.05, 3.63) is 35.4 Å². The maximum Gasteiger partial charge on any atom is 0.451 e. The van der Waals surface area contributed by atoms with Gasteiger partial charge in [-0.05, 0) is 43.3 Å². The summed E-state index contributed by atoms with van der Waals surface area (Å²) in [7, 11) is -1.10. The lowest BCUT2D eigenvalue weighted by Gasteiger charge is -2.13. The predicted molar refractivity (Wildman–Crippen MR) is 95.8 cm³/mol. The van der Waals surface area contributed by atoms with Gasteiger partial charge in [0.15, 0.2) is 0 Å². The fraction of sp³-hybridized carbons (Fsp3) is 0.588. The molecule has 1 aliphatic carbocycles. The van der Waals surface area contributed by atoms with Crippen LogP contribution in [0.2, 0.25) is 6.32 Å². The van der Waals surface area contributed by atoms with Gasteiger partial charge in [-0.15, -0.1) is 0 Å². The SMILES string of the molecule is CCCCB(O)O.NC(CCNC1Cc2ccccc2C1)C(=O)O. The highest BCUT2D eigenvalue weighted by Gasteiger charge is 2.20. The van der Waals surface area contributed by atoms with E-state index in [9.17, 15) is 4.79 Å². The van der Waals surface area contributed by atoms with Gasteiger partial charge in [-0.2, -0.15) is 0 Å². The van der Waals surface area contributed by atoms with Crippen molar-refractivity contribution in [1.82, 2.24) is 5.32 Å². The zero-order valence-corrected chi connectivity index (χ0v) is 14.3. The Hall–Kier alpha value is -1.41. The average molecular weight is 336 g/mol. The highest BCUT2D eigenvalue weighted by molar-refractivity contribution is 6.40. The van der Waals surface area contributed by atoms with Crippen LogP contribution in [0.3, 0.4) is 0 Å². The van der Waals surface area contributed by atoms with Gasteiger partial charge in [0.05, 0.1) is 0 Å². The van der Waals surface area contributed by atoms with Gasteiger partial charge in [0.25, 0.3) is 0 Å². The first-order chi connectivity index (χ1) is 11.4. The Labute approximate surface area is 144 Å². The maximum atomic E-state index is 10.6. The molecule has 0 spiro atoms. The summed E-state index contributed by atoms with van der Waals surface area (Å²) >= 11 is 0. The van der Waals surface area contributed by atoms with Crippen LogP contribution in [-0.4, -0.2) is 46.9 Å². The normalized spacial score (nSPS) is 14.5. The van der Waals surface area contributed by atoms with E-state index in [1.165, 1.54) is 11.1 Å². The molecule has 6 nitrogen and oxygen atoms in total. The van der Waals surface area contributed by atoms with Crippen LogP contribution in [0.4, 0.5) is 0 Å². The third-order valence-electron chi connectivity index (χ3n) is 4.07. The lowest BCUT2D eigenvalue weighted by Crippen LogP contribution is -2.37. The summed E-state index contributed by atoms with van der Waals surface area (Å²) in [5.74, 6) is -0.929. The molecule has 2 rings (SSSR count). The summed E-state index contributed by atoms with van der Waals surface area (Å²) < 4.78 is 0. The quantitative estimate of drug-likeness (QED) is 0.449. The van der Waals surface area contributed by atoms with E-state index in [2.05, 4.69) is 29.6 Å². The van der Waals surface area contributed by atoms with Crippen molar-refractivity contribution >= 4 is 13.1 Å². The Morgan fingerprint density at radius 1 is 1.33 bits per heavy atom. The lowest BCUT2D eigenvalue weighted by atomic mass is 9.84. The number of fused-ring (bicyclic) bond motifs is 1. The van der Waals surface area contributed by atoms with Gasteiger partial charge in [-0.3, -0.25) is 4.79 Å². The molecule has 0 fully saturated rings. The third-order valence-corrected chi connectivity index (χ3v) is 4.07. The second kappa shape index (κ2) is 11.2. The van der Waals surface area contributed by atoms with E-state index in [1.807, 2.05) is 6.92 Å². The monoisotopic (exact) mass is 336 g/mol. The number of rotatable bonds is 8. The van der Waals surface area contributed by atoms with E-state index in [0.717, 1.165) is 25.7 Å². The minimum Gasteiger partial charge on any atom is -0.480 e. The predicted octanol–water partition coefficient (Wildman–Crippen LogP) is 0.805. The smallest absolute Gasteiger partial charge is 0.451 e. The topological polar surface area (TPSA) is 116 Å². The number of hydrogen-bond donors (Lipinski definition) is 5. The van der Waals surface area contributed by atoms with Crippen LogP contribution in [0.15, 0.2) is 24.3 Å². The molecule has 0 bridgehead atoms. The zero-order valence-electron chi connectivity index (χ0n) is 14.3. The van der Waals surface area contributed by atoms with Gasteiger partial charge in [0.1, 0.15) is 6.04 Å². The van der Waals surface area contributed by atoms with E-state index < -0.39 is 19.1 Å². The van der Waals surface area contributed by atoms with Crippen molar-refractivity contribution in [3.63, 3.8) is 0 Å². The van der Waals surface area contributed by atoms with Crippen molar-refractivity contribution in [1.29, 1.82) is 0 Å². The second-order valence-corrected chi connectivity index (χ2v) is 6.18. The highest BCUT2D eigenvalue weighted by Crippen LogP contribution is 2.21. The molecule has 0 saturated carbocycles. The molecule has 6 N–H and O–H groups in total. The minimum atomic E-state index is -1.10. The molecular weight excluding hydrogens is 307 g/mol. The largest absolute Gasteiger partial charge is 0.480 e. The van der Waals surface area contributed by atoms with Gasteiger partial charge in [-0.1, -0.05) is 44.0 Å². The van der Waals surface area contributed by atoms with Crippen molar-refractivity contribution in [3.8, 4) is 0 Å². The van der Waals surface area contributed by atoms with Gasteiger partial charge in [0.2, 0.25) is 0 Å². The third kappa shape index (κ3) is 7.92. The summed E-state index contributed by atoms with van der Waals surface area (Å²) in [4.78, 5) is 10.6. The number of benzene rings is 1. The zero-order chi connectivity index (χ0) is 17.9. The summed E-state index contributed by atoms with van der Waals surface area (Å²) in [6.45, 7) is 2.68. The maximum absolute atomic E-state index is 10.6. The van der Waals surface area contributed by atoms with Gasteiger partial charge < -0.3 is 26.2 Å². The van der Waals surface area contributed by atoms with Crippen LogP contribution >= 0.6 is 0 Å². The Morgan fingerprint density at radius 3 is 2.33 bits per heavy atom. The van der Waals surface area contributed by atoms with E-state index in [1.54, 1.807) is 0 Å². The number of hydrogen-bond acceptors (Lipinski definition) is 5. The fourth-order valence-electron chi connectivity index (χ4n) is 2.66. The Bertz CT molecular complexity index is 474. The summed E-state index contributed by atoms with van der Waals surface area (Å²) in [6.07, 6.45) is 4.96. The van der Waals surface area contributed by atoms with E-state index >= 15 is 0 Å².